The Balaban J connectivity index is 1.66. The van der Waals surface area contributed by atoms with Gasteiger partial charge in [0.25, 0.3) is 0 Å². The number of ether oxygens (including phenoxy) is 1. The zero-order valence-electron chi connectivity index (χ0n) is 13.6. The molecular formula is C18H27N3O. The van der Waals surface area contributed by atoms with Gasteiger partial charge in [0.1, 0.15) is 0 Å². The molecule has 0 fully saturated rings. The summed E-state index contributed by atoms with van der Waals surface area (Å²) >= 11 is 0. The Morgan fingerprint density at radius 3 is 2.55 bits per heavy atom. The highest BCUT2D eigenvalue weighted by molar-refractivity contribution is 5.13. The Morgan fingerprint density at radius 1 is 0.955 bits per heavy atom. The average molecular weight is 301 g/mol. The number of unbranched alkanes of at least 4 members (excludes halogenated alkanes) is 5. The Morgan fingerprint density at radius 2 is 1.73 bits per heavy atom. The van der Waals surface area contributed by atoms with E-state index in [0.717, 1.165) is 12.2 Å². The van der Waals surface area contributed by atoms with Crippen molar-refractivity contribution in [3.8, 4) is 0 Å². The molecule has 0 aliphatic carbocycles. The first kappa shape index (κ1) is 16.7. The molecule has 1 heterocycles. The smallest absolute Gasteiger partial charge is 0.0905 e. The summed E-state index contributed by atoms with van der Waals surface area (Å²) in [6, 6.07) is 10.2. The quantitative estimate of drug-likeness (QED) is 0.579. The molecule has 0 bridgehead atoms. The first-order chi connectivity index (χ1) is 10.9. The van der Waals surface area contributed by atoms with Crippen molar-refractivity contribution in [1.82, 2.24) is 15.0 Å². The topological polar surface area (TPSA) is 39.9 Å². The highest BCUT2D eigenvalue weighted by Crippen LogP contribution is 2.08. The second kappa shape index (κ2) is 10.1. The van der Waals surface area contributed by atoms with E-state index in [1.165, 1.54) is 44.1 Å². The molecule has 0 saturated carbocycles. The summed E-state index contributed by atoms with van der Waals surface area (Å²) < 4.78 is 7.74. The van der Waals surface area contributed by atoms with E-state index in [1.54, 1.807) is 0 Å². The van der Waals surface area contributed by atoms with Gasteiger partial charge in [0, 0.05) is 6.54 Å². The van der Waals surface area contributed by atoms with Crippen molar-refractivity contribution in [2.24, 2.45) is 0 Å². The SMILES string of the molecule is CCCCCCCCn1nncc1COCc1ccccc1. The normalized spacial score (nSPS) is 11.0. The first-order valence-electron chi connectivity index (χ1n) is 8.39. The molecule has 0 unspecified atom stereocenters. The molecule has 120 valence electrons. The Bertz CT molecular complexity index is 510. The third-order valence-corrected chi connectivity index (χ3v) is 3.78. The third-order valence-electron chi connectivity index (χ3n) is 3.78. The molecule has 0 amide bonds. The summed E-state index contributed by atoms with van der Waals surface area (Å²) in [5.41, 5.74) is 2.25. The summed E-state index contributed by atoms with van der Waals surface area (Å²) in [6.45, 7) is 4.38. The van der Waals surface area contributed by atoms with E-state index in [0.29, 0.717) is 13.2 Å². The van der Waals surface area contributed by atoms with E-state index < -0.39 is 0 Å². The van der Waals surface area contributed by atoms with Crippen LogP contribution in [0.25, 0.3) is 0 Å². The maximum Gasteiger partial charge on any atom is 0.0905 e. The first-order valence-corrected chi connectivity index (χ1v) is 8.39. The molecule has 0 atom stereocenters. The number of aryl methyl sites for hydroxylation is 1. The fraction of sp³-hybridized carbons (Fsp3) is 0.556. The maximum absolute atomic E-state index is 5.76. The van der Waals surface area contributed by atoms with Gasteiger partial charge in [-0.05, 0) is 12.0 Å². The van der Waals surface area contributed by atoms with Gasteiger partial charge >= 0.3 is 0 Å². The molecule has 0 N–H and O–H groups in total. The van der Waals surface area contributed by atoms with Crippen molar-refractivity contribution >= 4 is 0 Å². The molecule has 2 rings (SSSR count). The molecule has 1 aromatic carbocycles. The average Bonchev–Trinajstić information content (AvgIpc) is 2.99. The molecule has 0 aliphatic heterocycles. The Kier molecular flexibility index (Phi) is 7.67. The zero-order valence-corrected chi connectivity index (χ0v) is 13.6. The molecule has 0 radical (unpaired) electrons. The van der Waals surface area contributed by atoms with Crippen LogP contribution in [0.2, 0.25) is 0 Å². The third kappa shape index (κ3) is 5.98. The van der Waals surface area contributed by atoms with Crippen LogP contribution in [0.15, 0.2) is 36.5 Å². The van der Waals surface area contributed by atoms with Gasteiger partial charge in [0.15, 0.2) is 0 Å². The van der Waals surface area contributed by atoms with Crippen molar-refractivity contribution < 1.29 is 4.74 Å². The van der Waals surface area contributed by atoms with E-state index in [4.69, 9.17) is 4.74 Å². The highest BCUT2D eigenvalue weighted by Gasteiger charge is 2.04. The summed E-state index contributed by atoms with van der Waals surface area (Å²) in [6.07, 6.45) is 9.56. The minimum absolute atomic E-state index is 0.567. The van der Waals surface area contributed by atoms with Gasteiger partial charge in [-0.1, -0.05) is 74.6 Å². The summed E-state index contributed by atoms with van der Waals surface area (Å²) in [5.74, 6) is 0. The standard InChI is InChI=1S/C18H27N3O/c1-2-3-4-5-6-10-13-21-18(14-19-20-21)16-22-15-17-11-8-7-9-12-17/h7-9,11-12,14H,2-6,10,13,15-16H2,1H3. The monoisotopic (exact) mass is 301 g/mol. The Labute approximate surface area is 133 Å². The van der Waals surface area contributed by atoms with Crippen LogP contribution in [0.4, 0.5) is 0 Å². The molecule has 1 aromatic heterocycles. The van der Waals surface area contributed by atoms with Gasteiger partial charge in [-0.3, -0.25) is 0 Å². The molecule has 2 aromatic rings. The van der Waals surface area contributed by atoms with Crippen molar-refractivity contribution in [1.29, 1.82) is 0 Å². The van der Waals surface area contributed by atoms with Crippen LogP contribution in [0.3, 0.4) is 0 Å². The van der Waals surface area contributed by atoms with E-state index in [2.05, 4.69) is 29.4 Å². The maximum atomic E-state index is 5.76. The lowest BCUT2D eigenvalue weighted by Gasteiger charge is -2.07. The second-order valence-electron chi connectivity index (χ2n) is 5.69. The van der Waals surface area contributed by atoms with Gasteiger partial charge in [-0.25, -0.2) is 4.68 Å². The lowest BCUT2D eigenvalue weighted by atomic mass is 10.1. The number of benzene rings is 1. The van der Waals surface area contributed by atoms with E-state index in [9.17, 15) is 0 Å². The molecule has 0 saturated heterocycles. The van der Waals surface area contributed by atoms with Gasteiger partial charge in [-0.2, -0.15) is 0 Å². The molecule has 22 heavy (non-hydrogen) atoms. The highest BCUT2D eigenvalue weighted by atomic mass is 16.5. The number of rotatable bonds is 11. The van der Waals surface area contributed by atoms with Crippen LogP contribution in [-0.4, -0.2) is 15.0 Å². The predicted molar refractivity (Wildman–Crippen MR) is 88.3 cm³/mol. The van der Waals surface area contributed by atoms with Crippen molar-refractivity contribution in [2.45, 2.75) is 65.2 Å². The zero-order chi connectivity index (χ0) is 15.5. The van der Waals surface area contributed by atoms with E-state index in [-0.39, 0.29) is 0 Å². The fourth-order valence-electron chi connectivity index (χ4n) is 2.47. The molecule has 0 aliphatic rings. The van der Waals surface area contributed by atoms with Gasteiger partial charge in [-0.15, -0.1) is 5.10 Å². The summed E-state index contributed by atoms with van der Waals surface area (Å²) in [5, 5.41) is 8.17. The van der Waals surface area contributed by atoms with Crippen molar-refractivity contribution in [3.05, 3.63) is 47.8 Å². The largest absolute Gasteiger partial charge is 0.370 e. The van der Waals surface area contributed by atoms with Crippen LogP contribution in [-0.2, 0) is 24.5 Å². The van der Waals surface area contributed by atoms with Crippen LogP contribution in [0.1, 0.15) is 56.7 Å². The van der Waals surface area contributed by atoms with Gasteiger partial charge < -0.3 is 4.74 Å². The second-order valence-corrected chi connectivity index (χ2v) is 5.69. The Hall–Kier alpha value is -1.68. The fourth-order valence-corrected chi connectivity index (χ4v) is 2.47. The number of nitrogens with zero attached hydrogens (tertiary/aromatic N) is 3. The van der Waals surface area contributed by atoms with Crippen molar-refractivity contribution in [3.63, 3.8) is 0 Å². The lowest BCUT2D eigenvalue weighted by molar-refractivity contribution is 0.101. The summed E-state index contributed by atoms with van der Waals surface area (Å²) in [7, 11) is 0. The number of hydrogen-bond donors (Lipinski definition) is 0. The van der Waals surface area contributed by atoms with Crippen LogP contribution in [0.5, 0.6) is 0 Å². The van der Waals surface area contributed by atoms with Gasteiger partial charge in [0.2, 0.25) is 0 Å². The predicted octanol–water partition coefficient (Wildman–Crippen LogP) is 4.36. The van der Waals surface area contributed by atoms with Crippen LogP contribution >= 0.6 is 0 Å². The van der Waals surface area contributed by atoms with Crippen LogP contribution in [0, 0.1) is 0 Å². The minimum atomic E-state index is 0.567. The van der Waals surface area contributed by atoms with E-state index in [1.807, 2.05) is 29.1 Å². The minimum Gasteiger partial charge on any atom is -0.370 e. The van der Waals surface area contributed by atoms with Crippen LogP contribution < -0.4 is 0 Å². The number of aromatic nitrogens is 3. The number of hydrogen-bond acceptors (Lipinski definition) is 3. The lowest BCUT2D eigenvalue weighted by Crippen LogP contribution is -2.07. The molecular weight excluding hydrogens is 274 g/mol. The van der Waals surface area contributed by atoms with Crippen molar-refractivity contribution in [2.75, 3.05) is 0 Å². The molecule has 0 spiro atoms. The molecule has 4 nitrogen and oxygen atoms in total. The van der Waals surface area contributed by atoms with E-state index >= 15 is 0 Å². The van der Waals surface area contributed by atoms with Gasteiger partial charge in [0.05, 0.1) is 25.1 Å². The molecule has 4 heteroatoms. The summed E-state index contributed by atoms with van der Waals surface area (Å²) in [4.78, 5) is 0.